The highest BCUT2D eigenvalue weighted by Gasteiger charge is 2.16. The third-order valence-corrected chi connectivity index (χ3v) is 5.25. The van der Waals surface area contributed by atoms with Gasteiger partial charge in [-0.15, -0.1) is 0 Å². The van der Waals surface area contributed by atoms with Gasteiger partial charge in [-0.05, 0) is 47.5 Å². The summed E-state index contributed by atoms with van der Waals surface area (Å²) < 4.78 is 18.3. The zero-order valence-electron chi connectivity index (χ0n) is 17.7. The van der Waals surface area contributed by atoms with Crippen molar-refractivity contribution in [1.82, 2.24) is 19.9 Å². The van der Waals surface area contributed by atoms with Crippen molar-refractivity contribution in [2.75, 3.05) is 7.11 Å². The van der Waals surface area contributed by atoms with E-state index in [9.17, 15) is 0 Å². The van der Waals surface area contributed by atoms with Gasteiger partial charge in [-0.1, -0.05) is 59.2 Å². The molecule has 0 radical (unpaired) electrons. The van der Waals surface area contributed by atoms with E-state index in [0.717, 1.165) is 16.9 Å². The quantitative estimate of drug-likeness (QED) is 0.299. The van der Waals surface area contributed by atoms with Crippen LogP contribution in [-0.4, -0.2) is 27.0 Å². The van der Waals surface area contributed by atoms with Crippen LogP contribution in [0.15, 0.2) is 89.6 Å². The number of nitrogens with zero attached hydrogens (tertiary/aromatic N) is 4. The minimum absolute atomic E-state index is 0.244. The summed E-state index contributed by atoms with van der Waals surface area (Å²) in [5, 5.41) is 9.06. The number of ether oxygens (including phenoxy) is 2. The molecule has 0 amide bonds. The average Bonchev–Trinajstić information content (AvgIpc) is 3.53. The Hall–Kier alpha value is -4.10. The van der Waals surface area contributed by atoms with Crippen LogP contribution in [0.4, 0.5) is 0 Å². The Kier molecular flexibility index (Phi) is 5.78. The summed E-state index contributed by atoms with van der Waals surface area (Å²) in [6, 6.07) is 25.1. The van der Waals surface area contributed by atoms with E-state index in [2.05, 4.69) is 27.4 Å². The van der Waals surface area contributed by atoms with Gasteiger partial charge in [0.15, 0.2) is 12.4 Å². The summed E-state index contributed by atoms with van der Waals surface area (Å²) >= 11 is 6.10. The van der Waals surface area contributed by atoms with Crippen LogP contribution >= 0.6 is 11.6 Å². The molecule has 0 aliphatic carbocycles. The Bertz CT molecular complexity index is 1360. The summed E-state index contributed by atoms with van der Waals surface area (Å²) in [5.41, 5.74) is 3.47. The molecule has 0 aliphatic rings. The molecule has 5 rings (SSSR count). The van der Waals surface area contributed by atoms with Crippen molar-refractivity contribution in [1.29, 1.82) is 0 Å². The molecule has 0 fully saturated rings. The molecule has 8 heteroatoms. The number of aromatic nitrogens is 4. The van der Waals surface area contributed by atoms with Crippen molar-refractivity contribution in [3.05, 3.63) is 90.1 Å². The van der Waals surface area contributed by atoms with Crippen LogP contribution in [0.25, 0.3) is 34.1 Å². The smallest absolute Gasteiger partial charge is 0.278 e. The molecule has 2 aromatic heterocycles. The molecule has 0 bridgehead atoms. The van der Waals surface area contributed by atoms with Crippen LogP contribution < -0.4 is 9.47 Å². The minimum Gasteiger partial charge on any atom is -0.496 e. The van der Waals surface area contributed by atoms with Crippen molar-refractivity contribution < 1.29 is 14.0 Å². The molecule has 0 N–H and O–H groups in total. The van der Waals surface area contributed by atoms with E-state index in [1.807, 2.05) is 42.5 Å². The second-order valence-corrected chi connectivity index (χ2v) is 7.61. The van der Waals surface area contributed by atoms with Gasteiger partial charge in [-0.25, -0.2) is 4.68 Å². The number of hydrogen-bond acceptors (Lipinski definition) is 6. The fourth-order valence-electron chi connectivity index (χ4n) is 3.35. The molecule has 5 aromatic rings. The fraction of sp³-hybridized carbons (Fsp3) is 0.0800. The third-order valence-electron chi connectivity index (χ3n) is 5.01. The highest BCUT2D eigenvalue weighted by atomic mass is 35.5. The Labute approximate surface area is 195 Å². The van der Waals surface area contributed by atoms with Crippen molar-refractivity contribution >= 4 is 11.6 Å². The van der Waals surface area contributed by atoms with E-state index in [4.69, 9.17) is 25.6 Å². The van der Waals surface area contributed by atoms with Gasteiger partial charge in [-0.2, -0.15) is 10.1 Å². The first-order valence-electron chi connectivity index (χ1n) is 10.2. The van der Waals surface area contributed by atoms with E-state index in [1.165, 1.54) is 0 Å². The summed E-state index contributed by atoms with van der Waals surface area (Å²) in [5.74, 6) is 2.01. The zero-order chi connectivity index (χ0) is 22.6. The zero-order valence-corrected chi connectivity index (χ0v) is 18.4. The van der Waals surface area contributed by atoms with Crippen LogP contribution in [0.2, 0.25) is 5.02 Å². The van der Waals surface area contributed by atoms with Crippen LogP contribution in [0.1, 0.15) is 0 Å². The van der Waals surface area contributed by atoms with E-state index >= 15 is 0 Å². The number of rotatable bonds is 7. The van der Waals surface area contributed by atoms with Crippen molar-refractivity contribution in [2.45, 2.75) is 6.73 Å². The molecule has 0 atom stereocenters. The Balaban J connectivity index is 1.26. The van der Waals surface area contributed by atoms with E-state index in [-0.39, 0.29) is 12.6 Å². The van der Waals surface area contributed by atoms with Crippen LogP contribution in [0, 0.1) is 0 Å². The summed E-state index contributed by atoms with van der Waals surface area (Å²) in [4.78, 5) is 4.44. The van der Waals surface area contributed by atoms with E-state index in [1.54, 1.807) is 42.3 Å². The highest BCUT2D eigenvalue weighted by molar-refractivity contribution is 6.30. The normalized spacial score (nSPS) is 10.8. The SMILES string of the molecule is COc1ccc(Cl)cc1-c1noc(-c2ccn(COc3ccc(-c4ccccc4)cc3)n2)n1. The summed E-state index contributed by atoms with van der Waals surface area (Å²) in [6.45, 7) is 0.244. The Morgan fingerprint density at radius 3 is 2.52 bits per heavy atom. The van der Waals surface area contributed by atoms with Crippen LogP contribution in [0.3, 0.4) is 0 Å². The van der Waals surface area contributed by atoms with Gasteiger partial charge in [0.05, 0.1) is 12.7 Å². The van der Waals surface area contributed by atoms with Gasteiger partial charge in [0.1, 0.15) is 11.5 Å². The van der Waals surface area contributed by atoms with Gasteiger partial charge in [0, 0.05) is 11.2 Å². The second-order valence-electron chi connectivity index (χ2n) is 7.17. The maximum atomic E-state index is 6.10. The lowest BCUT2D eigenvalue weighted by molar-refractivity contribution is 0.221. The maximum absolute atomic E-state index is 6.10. The van der Waals surface area contributed by atoms with Crippen LogP contribution in [-0.2, 0) is 6.73 Å². The Morgan fingerprint density at radius 2 is 1.73 bits per heavy atom. The van der Waals surface area contributed by atoms with Gasteiger partial charge >= 0.3 is 0 Å². The second kappa shape index (κ2) is 9.18. The topological polar surface area (TPSA) is 75.2 Å². The summed E-state index contributed by atoms with van der Waals surface area (Å²) in [6.07, 6.45) is 1.79. The molecule has 0 aliphatic heterocycles. The molecule has 164 valence electrons. The molecule has 0 saturated carbocycles. The molecule has 33 heavy (non-hydrogen) atoms. The first-order chi connectivity index (χ1) is 16.2. The monoisotopic (exact) mass is 458 g/mol. The van der Waals surface area contributed by atoms with Crippen molar-refractivity contribution in [3.8, 4) is 45.6 Å². The predicted molar refractivity (Wildman–Crippen MR) is 125 cm³/mol. The number of methoxy groups -OCH3 is 1. The van der Waals surface area contributed by atoms with Crippen molar-refractivity contribution in [2.24, 2.45) is 0 Å². The largest absolute Gasteiger partial charge is 0.496 e. The average molecular weight is 459 g/mol. The molecular formula is C25H19ClN4O3. The lowest BCUT2D eigenvalue weighted by atomic mass is 10.1. The lowest BCUT2D eigenvalue weighted by Gasteiger charge is -2.07. The predicted octanol–water partition coefficient (Wildman–Crippen LogP) is 5.97. The highest BCUT2D eigenvalue weighted by Crippen LogP contribution is 2.31. The maximum Gasteiger partial charge on any atom is 0.278 e. The third kappa shape index (κ3) is 4.58. The molecule has 3 aromatic carbocycles. The molecule has 0 spiro atoms. The first-order valence-corrected chi connectivity index (χ1v) is 10.6. The molecule has 0 unspecified atom stereocenters. The van der Waals surface area contributed by atoms with Crippen LogP contribution in [0.5, 0.6) is 11.5 Å². The molecular weight excluding hydrogens is 440 g/mol. The number of hydrogen-bond donors (Lipinski definition) is 0. The lowest BCUT2D eigenvalue weighted by Crippen LogP contribution is -2.05. The van der Waals surface area contributed by atoms with E-state index in [0.29, 0.717) is 27.9 Å². The fourth-order valence-corrected chi connectivity index (χ4v) is 3.53. The van der Waals surface area contributed by atoms with Crippen molar-refractivity contribution in [3.63, 3.8) is 0 Å². The minimum atomic E-state index is 0.244. The number of halogens is 1. The first kappa shape index (κ1) is 20.8. The van der Waals surface area contributed by atoms with Gasteiger partial charge in [-0.3, -0.25) is 0 Å². The standard InChI is InChI=1S/C25H19ClN4O3/c1-31-23-12-9-19(26)15-21(23)24-27-25(33-29-24)22-13-14-30(28-22)16-32-20-10-7-18(8-11-20)17-5-3-2-4-6-17/h2-15H,16H2,1H3. The van der Waals surface area contributed by atoms with Gasteiger partial charge in [0.25, 0.3) is 5.89 Å². The Morgan fingerprint density at radius 1 is 0.939 bits per heavy atom. The van der Waals surface area contributed by atoms with Gasteiger partial charge in [0.2, 0.25) is 5.82 Å². The number of benzene rings is 3. The summed E-state index contributed by atoms with van der Waals surface area (Å²) in [7, 11) is 1.57. The van der Waals surface area contributed by atoms with Gasteiger partial charge < -0.3 is 14.0 Å². The molecule has 7 nitrogen and oxygen atoms in total. The molecule has 0 saturated heterocycles. The molecule has 2 heterocycles. The van der Waals surface area contributed by atoms with E-state index < -0.39 is 0 Å².